The van der Waals surface area contributed by atoms with Crippen LogP contribution in [0.1, 0.15) is 19.8 Å². The van der Waals surface area contributed by atoms with Gasteiger partial charge < -0.3 is 15.2 Å². The molecule has 92 valence electrons. The van der Waals surface area contributed by atoms with E-state index in [0.717, 1.165) is 0 Å². The van der Waals surface area contributed by atoms with Crippen molar-refractivity contribution < 1.29 is 19.4 Å². The number of aliphatic hydroxyl groups is 1. The van der Waals surface area contributed by atoms with Crippen LogP contribution in [0.5, 0.6) is 0 Å². The zero-order valence-electron chi connectivity index (χ0n) is 9.58. The molecule has 0 aromatic rings. The molecule has 0 saturated carbocycles. The number of ether oxygens (including phenoxy) is 1. The van der Waals surface area contributed by atoms with Crippen molar-refractivity contribution in [1.82, 2.24) is 10.6 Å². The third-order valence-corrected chi connectivity index (χ3v) is 2.54. The van der Waals surface area contributed by atoms with E-state index < -0.39 is 11.6 Å². The van der Waals surface area contributed by atoms with E-state index in [0.29, 0.717) is 13.0 Å². The third kappa shape index (κ3) is 3.88. The van der Waals surface area contributed by atoms with Crippen molar-refractivity contribution in [1.29, 1.82) is 0 Å². The van der Waals surface area contributed by atoms with Crippen molar-refractivity contribution in [2.45, 2.75) is 31.4 Å². The van der Waals surface area contributed by atoms with Crippen LogP contribution in [0.2, 0.25) is 0 Å². The lowest BCUT2D eigenvalue weighted by molar-refractivity contribution is -0.125. The van der Waals surface area contributed by atoms with Gasteiger partial charge in [-0.05, 0) is 6.92 Å². The van der Waals surface area contributed by atoms with Gasteiger partial charge in [-0.1, -0.05) is 0 Å². The quantitative estimate of drug-likeness (QED) is 0.498. The highest BCUT2D eigenvalue weighted by Crippen LogP contribution is 2.09. The average molecular weight is 230 g/mol. The second kappa shape index (κ2) is 5.38. The summed E-state index contributed by atoms with van der Waals surface area (Å²) in [6.07, 6.45) is 0.609. The summed E-state index contributed by atoms with van der Waals surface area (Å²) >= 11 is 0. The van der Waals surface area contributed by atoms with Crippen LogP contribution < -0.4 is 10.6 Å². The predicted octanol–water partition coefficient (Wildman–Crippen LogP) is -1.22. The summed E-state index contributed by atoms with van der Waals surface area (Å²) in [5.41, 5.74) is -0.943. The molecule has 0 aromatic heterocycles. The Morgan fingerprint density at radius 1 is 1.62 bits per heavy atom. The molecule has 6 heteroatoms. The molecule has 2 atom stereocenters. The second-order valence-electron chi connectivity index (χ2n) is 4.29. The van der Waals surface area contributed by atoms with Gasteiger partial charge in [-0.2, -0.15) is 0 Å². The Labute approximate surface area is 94.3 Å². The zero-order chi connectivity index (χ0) is 12.2. The fraction of sp³-hybridized carbons (Fsp3) is 0.800. The number of nitrogens with one attached hydrogen (secondary N) is 2. The molecule has 3 N–H and O–H groups in total. The zero-order valence-corrected chi connectivity index (χ0v) is 9.58. The van der Waals surface area contributed by atoms with Crippen LogP contribution in [0.4, 0.5) is 0 Å². The molecule has 1 rings (SSSR count). The van der Waals surface area contributed by atoms with Gasteiger partial charge in [-0.3, -0.25) is 14.9 Å². The highest BCUT2D eigenvalue weighted by molar-refractivity contribution is 6.05. The summed E-state index contributed by atoms with van der Waals surface area (Å²) < 4.78 is 4.87. The summed E-state index contributed by atoms with van der Waals surface area (Å²) in [4.78, 5) is 22.1. The lowest BCUT2D eigenvalue weighted by atomic mass is 10.0. The second-order valence-corrected chi connectivity index (χ2v) is 4.29. The van der Waals surface area contributed by atoms with Gasteiger partial charge in [0.1, 0.15) is 0 Å². The minimum Gasteiger partial charge on any atom is -0.389 e. The van der Waals surface area contributed by atoms with Gasteiger partial charge in [0.2, 0.25) is 11.8 Å². The number of hydrogen-bond donors (Lipinski definition) is 3. The first-order valence-corrected chi connectivity index (χ1v) is 5.23. The SMILES string of the molecule is COCCC(C)(O)CNC1CC(=O)NC1=O. The van der Waals surface area contributed by atoms with Crippen molar-refractivity contribution >= 4 is 11.8 Å². The standard InChI is InChI=1S/C10H18N2O4/c1-10(15,3-4-16-2)6-11-7-5-8(13)12-9(7)14/h7,11,15H,3-6H2,1-2H3,(H,12,13,14). The Hall–Kier alpha value is -0.980. The Kier molecular flexibility index (Phi) is 4.40. The minimum absolute atomic E-state index is 0.138. The van der Waals surface area contributed by atoms with Crippen molar-refractivity contribution in [3.8, 4) is 0 Å². The molecule has 2 amide bonds. The lowest BCUT2D eigenvalue weighted by Gasteiger charge is -2.24. The maximum atomic E-state index is 11.2. The van der Waals surface area contributed by atoms with Crippen molar-refractivity contribution in [3.05, 3.63) is 0 Å². The lowest BCUT2D eigenvalue weighted by Crippen LogP contribution is -2.45. The Morgan fingerprint density at radius 2 is 2.31 bits per heavy atom. The molecule has 0 aromatic carbocycles. The largest absolute Gasteiger partial charge is 0.389 e. The molecule has 1 aliphatic heterocycles. The van der Waals surface area contributed by atoms with Crippen LogP contribution >= 0.6 is 0 Å². The van der Waals surface area contributed by atoms with Crippen LogP contribution in [-0.4, -0.2) is 48.8 Å². The van der Waals surface area contributed by atoms with Gasteiger partial charge in [-0.25, -0.2) is 0 Å². The number of methoxy groups -OCH3 is 1. The van der Waals surface area contributed by atoms with Crippen molar-refractivity contribution in [3.63, 3.8) is 0 Å². The summed E-state index contributed by atoms with van der Waals surface area (Å²) in [5.74, 6) is -0.605. The van der Waals surface area contributed by atoms with Gasteiger partial charge in [0.15, 0.2) is 0 Å². The molecular weight excluding hydrogens is 212 g/mol. The Bertz CT molecular complexity index is 278. The molecule has 1 aliphatic rings. The van der Waals surface area contributed by atoms with E-state index in [2.05, 4.69) is 10.6 Å². The number of carbonyl (C=O) groups is 2. The first-order chi connectivity index (χ1) is 7.44. The summed E-state index contributed by atoms with van der Waals surface area (Å²) in [5, 5.41) is 15.0. The fourth-order valence-corrected chi connectivity index (χ4v) is 1.47. The third-order valence-electron chi connectivity index (χ3n) is 2.54. The van der Waals surface area contributed by atoms with Gasteiger partial charge in [0.25, 0.3) is 0 Å². The van der Waals surface area contributed by atoms with Crippen molar-refractivity contribution in [2.24, 2.45) is 0 Å². The maximum absolute atomic E-state index is 11.2. The molecule has 0 bridgehead atoms. The van der Waals surface area contributed by atoms with E-state index in [-0.39, 0.29) is 24.8 Å². The maximum Gasteiger partial charge on any atom is 0.244 e. The van der Waals surface area contributed by atoms with Crippen LogP contribution in [0.3, 0.4) is 0 Å². The van der Waals surface area contributed by atoms with E-state index in [4.69, 9.17) is 4.74 Å². The first-order valence-electron chi connectivity index (χ1n) is 5.23. The first kappa shape index (κ1) is 13.1. The molecule has 0 aliphatic carbocycles. The molecule has 1 fully saturated rings. The van der Waals surface area contributed by atoms with E-state index in [1.807, 2.05) is 0 Å². The molecule has 16 heavy (non-hydrogen) atoms. The molecule has 6 nitrogen and oxygen atoms in total. The number of carbonyl (C=O) groups excluding carboxylic acids is 2. The smallest absolute Gasteiger partial charge is 0.244 e. The average Bonchev–Trinajstić information content (AvgIpc) is 2.52. The fourth-order valence-electron chi connectivity index (χ4n) is 1.47. The van der Waals surface area contributed by atoms with Gasteiger partial charge >= 0.3 is 0 Å². The van der Waals surface area contributed by atoms with Crippen LogP contribution in [0, 0.1) is 0 Å². The number of hydrogen-bond acceptors (Lipinski definition) is 5. The molecule has 0 spiro atoms. The van der Waals surface area contributed by atoms with Crippen LogP contribution in [-0.2, 0) is 14.3 Å². The summed E-state index contributed by atoms with van der Waals surface area (Å²) in [6.45, 7) is 2.36. The molecular formula is C10H18N2O4. The van der Waals surface area contributed by atoms with Crippen LogP contribution in [0.25, 0.3) is 0 Å². The minimum atomic E-state index is -0.943. The molecule has 0 radical (unpaired) electrons. The van der Waals surface area contributed by atoms with Gasteiger partial charge in [0.05, 0.1) is 18.1 Å². The van der Waals surface area contributed by atoms with E-state index in [1.54, 1.807) is 14.0 Å². The number of amides is 2. The van der Waals surface area contributed by atoms with Crippen LogP contribution in [0.15, 0.2) is 0 Å². The number of imide groups is 1. The normalized spacial score (nSPS) is 24.3. The Morgan fingerprint density at radius 3 is 2.81 bits per heavy atom. The highest BCUT2D eigenvalue weighted by atomic mass is 16.5. The van der Waals surface area contributed by atoms with Gasteiger partial charge in [0, 0.05) is 26.7 Å². The number of rotatable bonds is 6. The highest BCUT2D eigenvalue weighted by Gasteiger charge is 2.32. The van der Waals surface area contributed by atoms with Gasteiger partial charge in [-0.15, -0.1) is 0 Å². The molecule has 1 saturated heterocycles. The van der Waals surface area contributed by atoms with Crippen molar-refractivity contribution in [2.75, 3.05) is 20.3 Å². The molecule has 1 heterocycles. The topological polar surface area (TPSA) is 87.7 Å². The van der Waals surface area contributed by atoms with E-state index in [1.165, 1.54) is 0 Å². The van der Waals surface area contributed by atoms with E-state index >= 15 is 0 Å². The Balaban J connectivity index is 2.33. The predicted molar refractivity (Wildman–Crippen MR) is 56.7 cm³/mol. The molecule has 2 unspecified atom stereocenters. The van der Waals surface area contributed by atoms with E-state index in [9.17, 15) is 14.7 Å². The summed E-state index contributed by atoms with van der Waals surface area (Å²) in [7, 11) is 1.56. The summed E-state index contributed by atoms with van der Waals surface area (Å²) in [6, 6.07) is -0.526. The monoisotopic (exact) mass is 230 g/mol.